The van der Waals surface area contributed by atoms with Gasteiger partial charge in [0.1, 0.15) is 17.2 Å². The number of hydrogen-bond acceptors (Lipinski definition) is 4. The average molecular weight is 430 g/mol. The molecule has 0 aromatic heterocycles. The minimum absolute atomic E-state index is 0.0934. The van der Waals surface area contributed by atoms with Gasteiger partial charge in [0.2, 0.25) is 5.78 Å². The Kier molecular flexibility index (Phi) is 5.85. The Bertz CT molecular complexity index is 666. The topological polar surface area (TPSA) is 44.8 Å². The van der Waals surface area contributed by atoms with Crippen LogP contribution >= 0.6 is 31.9 Å². The maximum absolute atomic E-state index is 12.3. The molecule has 116 valence electrons. The van der Waals surface area contributed by atoms with Gasteiger partial charge in [-0.15, -0.1) is 0 Å². The second-order valence-corrected chi connectivity index (χ2v) is 6.04. The van der Waals surface area contributed by atoms with Crippen molar-refractivity contribution in [2.45, 2.75) is 0 Å². The Hall–Kier alpha value is -1.53. The molecule has 0 amide bonds. The third kappa shape index (κ3) is 3.81. The Labute approximate surface area is 145 Å². The van der Waals surface area contributed by atoms with Crippen LogP contribution in [0.1, 0.15) is 10.4 Å². The molecule has 0 saturated heterocycles. The molecule has 0 aliphatic rings. The van der Waals surface area contributed by atoms with Crippen molar-refractivity contribution in [3.63, 3.8) is 0 Å². The van der Waals surface area contributed by atoms with E-state index in [0.29, 0.717) is 22.8 Å². The number of carbonyl (C=O) groups excluding carboxylic acids is 1. The van der Waals surface area contributed by atoms with Gasteiger partial charge in [0.05, 0.1) is 28.7 Å². The number of rotatable bonds is 6. The number of halogens is 2. The van der Waals surface area contributed by atoms with Crippen molar-refractivity contribution < 1.29 is 19.0 Å². The summed E-state index contributed by atoms with van der Waals surface area (Å²) in [6, 6.07) is 10.6. The van der Waals surface area contributed by atoms with Crippen LogP contribution in [0, 0.1) is 0 Å². The molecule has 6 heteroatoms. The second-order valence-electron chi connectivity index (χ2n) is 4.33. The zero-order valence-electron chi connectivity index (χ0n) is 12.1. The minimum Gasteiger partial charge on any atom is -0.497 e. The van der Waals surface area contributed by atoms with Crippen LogP contribution in [0.15, 0.2) is 45.3 Å². The number of hydrogen-bond donors (Lipinski definition) is 0. The number of Topliss-reactive ketones (excluding diaryl/α,β-unsaturated/α-hetero) is 1. The molecule has 0 saturated carbocycles. The van der Waals surface area contributed by atoms with E-state index in [1.54, 1.807) is 25.3 Å². The predicted molar refractivity (Wildman–Crippen MR) is 91.2 cm³/mol. The molecule has 0 fully saturated rings. The Balaban J connectivity index is 2.16. The number of benzene rings is 2. The van der Waals surface area contributed by atoms with Gasteiger partial charge in [0, 0.05) is 6.07 Å². The zero-order valence-corrected chi connectivity index (χ0v) is 15.2. The van der Waals surface area contributed by atoms with Gasteiger partial charge in [-0.3, -0.25) is 4.79 Å². The summed E-state index contributed by atoms with van der Waals surface area (Å²) in [4.78, 5) is 12.3. The maximum Gasteiger partial charge on any atom is 0.203 e. The maximum atomic E-state index is 12.3. The van der Waals surface area contributed by atoms with Gasteiger partial charge in [-0.1, -0.05) is 6.07 Å². The fraction of sp³-hybridized carbons (Fsp3) is 0.188. The summed E-state index contributed by atoms with van der Waals surface area (Å²) >= 11 is 6.79. The highest BCUT2D eigenvalue weighted by Crippen LogP contribution is 2.33. The molecule has 0 unspecified atom stereocenters. The summed E-state index contributed by atoms with van der Waals surface area (Å²) < 4.78 is 17.5. The highest BCUT2D eigenvalue weighted by atomic mass is 79.9. The Morgan fingerprint density at radius 3 is 2.32 bits per heavy atom. The van der Waals surface area contributed by atoms with Crippen molar-refractivity contribution in [1.29, 1.82) is 0 Å². The summed E-state index contributed by atoms with van der Waals surface area (Å²) in [5, 5.41) is 0. The number of ether oxygens (including phenoxy) is 3. The fourth-order valence-electron chi connectivity index (χ4n) is 1.86. The number of methoxy groups -OCH3 is 2. The summed E-state index contributed by atoms with van der Waals surface area (Å²) in [6.45, 7) is -0.0934. The molecule has 2 rings (SSSR count). The SMILES string of the molecule is COc1ccc(C(=O)COc2c(Br)cccc2Br)c(OC)c1. The third-order valence-electron chi connectivity index (χ3n) is 2.98. The molecular formula is C16H14Br2O4. The number of carbonyl (C=O) groups is 1. The summed E-state index contributed by atoms with van der Waals surface area (Å²) in [6.07, 6.45) is 0. The van der Waals surface area contributed by atoms with Crippen molar-refractivity contribution in [2.75, 3.05) is 20.8 Å². The van der Waals surface area contributed by atoms with Gasteiger partial charge in [0.25, 0.3) is 0 Å². The van der Waals surface area contributed by atoms with Crippen LogP contribution in [0.25, 0.3) is 0 Å². The van der Waals surface area contributed by atoms with Crippen LogP contribution < -0.4 is 14.2 Å². The van der Waals surface area contributed by atoms with Gasteiger partial charge < -0.3 is 14.2 Å². The highest BCUT2D eigenvalue weighted by Gasteiger charge is 2.15. The molecule has 22 heavy (non-hydrogen) atoms. The van der Waals surface area contributed by atoms with E-state index < -0.39 is 0 Å². The molecule has 0 atom stereocenters. The smallest absolute Gasteiger partial charge is 0.203 e. The van der Waals surface area contributed by atoms with E-state index in [1.165, 1.54) is 7.11 Å². The van der Waals surface area contributed by atoms with Crippen molar-refractivity contribution in [1.82, 2.24) is 0 Å². The second kappa shape index (κ2) is 7.65. The average Bonchev–Trinajstić information content (AvgIpc) is 2.53. The third-order valence-corrected chi connectivity index (χ3v) is 4.22. The molecule has 0 N–H and O–H groups in total. The zero-order chi connectivity index (χ0) is 16.1. The van der Waals surface area contributed by atoms with E-state index in [2.05, 4.69) is 31.9 Å². The Morgan fingerprint density at radius 1 is 1.05 bits per heavy atom. The molecule has 0 heterocycles. The molecule has 2 aromatic carbocycles. The first kappa shape index (κ1) is 16.8. The first-order chi connectivity index (χ1) is 10.6. The van der Waals surface area contributed by atoms with E-state index in [1.807, 2.05) is 18.2 Å². The largest absolute Gasteiger partial charge is 0.497 e. The molecule has 0 radical (unpaired) electrons. The quantitative estimate of drug-likeness (QED) is 0.634. The van der Waals surface area contributed by atoms with E-state index >= 15 is 0 Å². The number of para-hydroxylation sites is 1. The molecule has 0 aliphatic heterocycles. The van der Waals surface area contributed by atoms with Gasteiger partial charge in [0.15, 0.2) is 6.61 Å². The lowest BCUT2D eigenvalue weighted by atomic mass is 10.1. The van der Waals surface area contributed by atoms with Crippen molar-refractivity contribution in [2.24, 2.45) is 0 Å². The lowest BCUT2D eigenvalue weighted by Crippen LogP contribution is -2.13. The molecule has 2 aromatic rings. The molecule has 4 nitrogen and oxygen atoms in total. The molecular weight excluding hydrogens is 416 g/mol. The summed E-state index contributed by atoms with van der Waals surface area (Å²) in [5.74, 6) is 1.49. The van der Waals surface area contributed by atoms with Gasteiger partial charge >= 0.3 is 0 Å². The van der Waals surface area contributed by atoms with Crippen LogP contribution in [0.3, 0.4) is 0 Å². The highest BCUT2D eigenvalue weighted by molar-refractivity contribution is 9.11. The fourth-order valence-corrected chi connectivity index (χ4v) is 3.09. The standard InChI is InChI=1S/C16H14Br2O4/c1-20-10-6-7-11(15(8-10)21-2)14(19)9-22-16-12(17)4-3-5-13(16)18/h3-8H,9H2,1-2H3. The van der Waals surface area contributed by atoms with Crippen molar-refractivity contribution >= 4 is 37.6 Å². The van der Waals surface area contributed by atoms with Crippen molar-refractivity contribution in [3.05, 3.63) is 50.9 Å². The van der Waals surface area contributed by atoms with Gasteiger partial charge in [-0.2, -0.15) is 0 Å². The lowest BCUT2D eigenvalue weighted by molar-refractivity contribution is 0.0917. The summed E-state index contributed by atoms with van der Waals surface area (Å²) in [7, 11) is 3.07. The lowest BCUT2D eigenvalue weighted by Gasteiger charge is -2.12. The van der Waals surface area contributed by atoms with Crippen molar-refractivity contribution in [3.8, 4) is 17.2 Å². The molecule has 0 bridgehead atoms. The summed E-state index contributed by atoms with van der Waals surface area (Å²) in [5.41, 5.74) is 0.450. The van der Waals surface area contributed by atoms with Gasteiger partial charge in [-0.25, -0.2) is 0 Å². The van der Waals surface area contributed by atoms with Crippen LogP contribution in [0.5, 0.6) is 17.2 Å². The first-order valence-electron chi connectivity index (χ1n) is 6.39. The van der Waals surface area contributed by atoms with E-state index in [9.17, 15) is 4.79 Å². The first-order valence-corrected chi connectivity index (χ1v) is 7.97. The monoisotopic (exact) mass is 428 g/mol. The van der Waals surface area contributed by atoms with Crippen LogP contribution in [0.4, 0.5) is 0 Å². The van der Waals surface area contributed by atoms with Crippen LogP contribution in [-0.2, 0) is 0 Å². The van der Waals surface area contributed by atoms with Gasteiger partial charge in [-0.05, 0) is 56.1 Å². The van der Waals surface area contributed by atoms with Crippen LogP contribution in [-0.4, -0.2) is 26.6 Å². The Morgan fingerprint density at radius 2 is 1.73 bits per heavy atom. The van der Waals surface area contributed by atoms with E-state index in [-0.39, 0.29) is 12.4 Å². The minimum atomic E-state index is -0.179. The normalized spacial score (nSPS) is 10.2. The molecule has 0 aliphatic carbocycles. The van der Waals surface area contributed by atoms with E-state index in [4.69, 9.17) is 14.2 Å². The van der Waals surface area contributed by atoms with Crippen LogP contribution in [0.2, 0.25) is 0 Å². The predicted octanol–water partition coefficient (Wildman–Crippen LogP) is 4.49. The molecule has 0 spiro atoms. The number of ketones is 1. The van der Waals surface area contributed by atoms with E-state index in [0.717, 1.165) is 8.95 Å².